The van der Waals surface area contributed by atoms with Crippen LogP contribution in [0.1, 0.15) is 31.2 Å². The summed E-state index contributed by atoms with van der Waals surface area (Å²) >= 11 is 6.14. The summed E-state index contributed by atoms with van der Waals surface area (Å²) in [4.78, 5) is 19.6. The van der Waals surface area contributed by atoms with Gasteiger partial charge < -0.3 is 9.64 Å². The fraction of sp³-hybridized carbons (Fsp3) is 0.400. The molecule has 0 amide bonds. The second-order valence-corrected chi connectivity index (χ2v) is 11.4. The molecule has 0 unspecified atom stereocenters. The maximum absolute atomic E-state index is 13.6. The molecule has 9 nitrogen and oxygen atoms in total. The van der Waals surface area contributed by atoms with Crippen molar-refractivity contribution in [3.8, 4) is 11.4 Å². The summed E-state index contributed by atoms with van der Waals surface area (Å²) in [5, 5.41) is 4.99. The SMILES string of the molecule is Cc1cccnc1S(=O)(=O)N1CCN(c2cnn(-c3cccc(Cl)c3)c(=O)c2OC2CCCC2)CC1. The highest BCUT2D eigenvalue weighted by Gasteiger charge is 2.32. The summed E-state index contributed by atoms with van der Waals surface area (Å²) < 4.78 is 35.4. The van der Waals surface area contributed by atoms with Gasteiger partial charge in [0.1, 0.15) is 5.69 Å². The first kappa shape index (κ1) is 24.7. The van der Waals surface area contributed by atoms with E-state index in [0.717, 1.165) is 25.7 Å². The first-order valence-corrected chi connectivity index (χ1v) is 13.9. The molecular formula is C25H28ClN5O4S. The van der Waals surface area contributed by atoms with Gasteiger partial charge in [0.05, 0.1) is 18.0 Å². The number of piperazine rings is 1. The fourth-order valence-corrected chi connectivity index (χ4v) is 6.50. The number of sulfonamides is 1. The highest BCUT2D eigenvalue weighted by molar-refractivity contribution is 7.89. The van der Waals surface area contributed by atoms with Crippen LogP contribution < -0.4 is 15.2 Å². The number of halogens is 1. The van der Waals surface area contributed by atoms with Gasteiger partial charge in [0, 0.05) is 37.4 Å². The molecule has 0 N–H and O–H groups in total. The first-order valence-electron chi connectivity index (χ1n) is 12.1. The van der Waals surface area contributed by atoms with Crippen molar-refractivity contribution in [2.75, 3.05) is 31.1 Å². The minimum atomic E-state index is -3.71. The number of nitrogens with zero attached hydrogens (tertiary/aromatic N) is 5. The van der Waals surface area contributed by atoms with Crippen LogP contribution in [0.4, 0.5) is 5.69 Å². The highest BCUT2D eigenvalue weighted by atomic mass is 35.5. The Labute approximate surface area is 215 Å². The molecular weight excluding hydrogens is 502 g/mol. The zero-order valence-corrected chi connectivity index (χ0v) is 21.6. The van der Waals surface area contributed by atoms with Crippen LogP contribution in [-0.2, 0) is 10.0 Å². The molecule has 0 radical (unpaired) electrons. The molecule has 2 fully saturated rings. The predicted octanol–water partition coefficient (Wildman–Crippen LogP) is 3.42. The van der Waals surface area contributed by atoms with E-state index in [1.165, 1.54) is 15.2 Å². The maximum atomic E-state index is 13.6. The Balaban J connectivity index is 1.43. The Hall–Kier alpha value is -2.95. The zero-order chi connectivity index (χ0) is 25.3. The van der Waals surface area contributed by atoms with Gasteiger partial charge in [-0.15, -0.1) is 0 Å². The number of hydrogen-bond acceptors (Lipinski definition) is 7. The van der Waals surface area contributed by atoms with Crippen LogP contribution in [0.3, 0.4) is 0 Å². The molecule has 36 heavy (non-hydrogen) atoms. The molecule has 5 rings (SSSR count). The van der Waals surface area contributed by atoms with Crippen LogP contribution in [0.25, 0.3) is 5.69 Å². The van der Waals surface area contributed by atoms with Crippen LogP contribution in [0.5, 0.6) is 5.75 Å². The van der Waals surface area contributed by atoms with Gasteiger partial charge in [-0.25, -0.2) is 13.4 Å². The molecule has 2 aliphatic rings. The van der Waals surface area contributed by atoms with Crippen molar-refractivity contribution in [2.24, 2.45) is 0 Å². The van der Waals surface area contributed by atoms with E-state index >= 15 is 0 Å². The Morgan fingerprint density at radius 1 is 1.06 bits per heavy atom. The number of hydrogen-bond donors (Lipinski definition) is 0. The molecule has 0 bridgehead atoms. The summed E-state index contributed by atoms with van der Waals surface area (Å²) in [6.45, 7) is 3.06. The lowest BCUT2D eigenvalue weighted by atomic mass is 10.2. The van der Waals surface area contributed by atoms with Crippen molar-refractivity contribution < 1.29 is 13.2 Å². The van der Waals surface area contributed by atoms with Crippen LogP contribution >= 0.6 is 11.6 Å². The molecule has 3 heterocycles. The van der Waals surface area contributed by atoms with Crippen LogP contribution in [-0.4, -0.2) is 59.8 Å². The van der Waals surface area contributed by atoms with Crippen molar-refractivity contribution in [1.29, 1.82) is 0 Å². The van der Waals surface area contributed by atoms with Crippen LogP contribution in [0.2, 0.25) is 5.02 Å². The van der Waals surface area contributed by atoms with Gasteiger partial charge in [0.15, 0.2) is 5.03 Å². The lowest BCUT2D eigenvalue weighted by Crippen LogP contribution is -2.49. The molecule has 1 aromatic carbocycles. The normalized spacial score (nSPS) is 17.4. The summed E-state index contributed by atoms with van der Waals surface area (Å²) in [6.07, 6.45) is 7.01. The highest BCUT2D eigenvalue weighted by Crippen LogP contribution is 2.31. The van der Waals surface area contributed by atoms with Crippen molar-refractivity contribution in [3.63, 3.8) is 0 Å². The second-order valence-electron chi connectivity index (χ2n) is 9.10. The van der Waals surface area contributed by atoms with Gasteiger partial charge in [-0.2, -0.15) is 14.1 Å². The Kier molecular flexibility index (Phi) is 7.00. The average molecular weight is 530 g/mol. The Morgan fingerprint density at radius 3 is 2.50 bits per heavy atom. The average Bonchev–Trinajstić information content (AvgIpc) is 3.39. The number of anilines is 1. The molecule has 1 aliphatic carbocycles. The lowest BCUT2D eigenvalue weighted by Gasteiger charge is -2.35. The third-order valence-electron chi connectivity index (χ3n) is 6.68. The van der Waals surface area contributed by atoms with Gasteiger partial charge >= 0.3 is 5.56 Å². The quantitative estimate of drug-likeness (QED) is 0.482. The van der Waals surface area contributed by atoms with E-state index in [-0.39, 0.29) is 35.5 Å². The summed E-state index contributed by atoms with van der Waals surface area (Å²) in [6, 6.07) is 10.4. The lowest BCUT2D eigenvalue weighted by molar-refractivity contribution is 0.205. The van der Waals surface area contributed by atoms with Crippen molar-refractivity contribution in [1.82, 2.24) is 19.1 Å². The van der Waals surface area contributed by atoms with Crippen LogP contribution in [0, 0.1) is 6.92 Å². The number of ether oxygens (including phenoxy) is 1. The number of benzene rings is 1. The minimum absolute atomic E-state index is 0.0274. The van der Waals surface area contributed by atoms with E-state index in [2.05, 4.69) is 10.1 Å². The zero-order valence-electron chi connectivity index (χ0n) is 20.0. The molecule has 2 aromatic heterocycles. The van der Waals surface area contributed by atoms with Crippen molar-refractivity contribution in [2.45, 2.75) is 43.7 Å². The molecule has 0 spiro atoms. The molecule has 11 heteroatoms. The summed E-state index contributed by atoms with van der Waals surface area (Å²) in [5.41, 5.74) is 1.38. The molecule has 1 saturated heterocycles. The van der Waals surface area contributed by atoms with E-state index in [1.807, 2.05) is 4.90 Å². The summed E-state index contributed by atoms with van der Waals surface area (Å²) in [7, 11) is -3.71. The molecule has 1 aliphatic heterocycles. The Bertz CT molecular complexity index is 1410. The summed E-state index contributed by atoms with van der Waals surface area (Å²) in [5.74, 6) is 0.244. The smallest absolute Gasteiger partial charge is 0.316 e. The van der Waals surface area contributed by atoms with Crippen molar-refractivity contribution in [3.05, 3.63) is 69.7 Å². The number of aromatic nitrogens is 3. The molecule has 3 aromatic rings. The van der Waals surface area contributed by atoms with Gasteiger partial charge in [0.2, 0.25) is 5.75 Å². The van der Waals surface area contributed by atoms with E-state index in [9.17, 15) is 13.2 Å². The predicted molar refractivity (Wildman–Crippen MR) is 138 cm³/mol. The minimum Gasteiger partial charge on any atom is -0.483 e. The molecule has 190 valence electrons. The molecule has 1 saturated carbocycles. The van der Waals surface area contributed by atoms with Gasteiger partial charge in [-0.3, -0.25) is 4.79 Å². The first-order chi connectivity index (χ1) is 17.3. The Morgan fingerprint density at radius 2 is 1.81 bits per heavy atom. The van der Waals surface area contributed by atoms with Gasteiger partial charge in [0.25, 0.3) is 10.0 Å². The standard InChI is InChI=1S/C25H28ClN5O4S/c1-18-6-5-11-27-24(18)36(33,34)30-14-12-29(13-15-30)22-17-28-31(20-8-4-7-19(26)16-20)25(32)23(22)35-21-9-2-3-10-21/h4-8,11,16-17,21H,2-3,9-10,12-15H2,1H3. The third kappa shape index (κ3) is 4.85. The van der Waals surface area contributed by atoms with Crippen LogP contribution in [0.15, 0.2) is 58.6 Å². The third-order valence-corrected chi connectivity index (χ3v) is 8.88. The van der Waals surface area contributed by atoms with E-state index in [4.69, 9.17) is 16.3 Å². The monoisotopic (exact) mass is 529 g/mol. The second kappa shape index (κ2) is 10.2. The van der Waals surface area contributed by atoms with Crippen molar-refractivity contribution >= 4 is 27.3 Å². The molecule has 0 atom stereocenters. The van der Waals surface area contributed by atoms with E-state index in [0.29, 0.717) is 35.1 Å². The number of pyridine rings is 1. The van der Waals surface area contributed by atoms with Gasteiger partial charge in [-0.05, 0) is 62.4 Å². The van der Waals surface area contributed by atoms with E-state index in [1.54, 1.807) is 49.5 Å². The largest absolute Gasteiger partial charge is 0.483 e. The van der Waals surface area contributed by atoms with Gasteiger partial charge in [-0.1, -0.05) is 23.7 Å². The number of rotatable bonds is 6. The topological polar surface area (TPSA) is 97.6 Å². The maximum Gasteiger partial charge on any atom is 0.316 e. The fourth-order valence-electron chi connectivity index (χ4n) is 4.76. The number of aryl methyl sites for hydroxylation is 1. The van der Waals surface area contributed by atoms with E-state index < -0.39 is 10.0 Å².